The van der Waals surface area contributed by atoms with Crippen molar-refractivity contribution in [2.45, 2.75) is 136 Å². The number of unbranched alkanes of at least 4 members (excludes halogenated alkanes) is 13. The SMILES string of the molecule is CCCCCCCCCCCCCCCN1C=CN(CCC)C1CCCC. The zero-order valence-electron chi connectivity index (χ0n) is 19.1. The van der Waals surface area contributed by atoms with Gasteiger partial charge in [-0.15, -0.1) is 0 Å². The largest absolute Gasteiger partial charge is 0.356 e. The Morgan fingerprint density at radius 2 is 0.926 bits per heavy atom. The lowest BCUT2D eigenvalue weighted by molar-refractivity contribution is 0.138. The Kier molecular flexibility index (Phi) is 15.7. The van der Waals surface area contributed by atoms with Gasteiger partial charge in [-0.3, -0.25) is 0 Å². The molecule has 160 valence electrons. The lowest BCUT2D eigenvalue weighted by Gasteiger charge is -2.33. The maximum absolute atomic E-state index is 2.61. The molecular weight excluding hydrogens is 328 g/mol. The first kappa shape index (κ1) is 24.4. The van der Waals surface area contributed by atoms with Gasteiger partial charge in [0, 0.05) is 25.5 Å². The fourth-order valence-electron chi connectivity index (χ4n) is 4.30. The number of rotatable bonds is 19. The van der Waals surface area contributed by atoms with Crippen molar-refractivity contribution < 1.29 is 0 Å². The van der Waals surface area contributed by atoms with Crippen LogP contribution in [-0.4, -0.2) is 29.1 Å². The minimum atomic E-state index is 0.641. The fraction of sp³-hybridized carbons (Fsp3) is 0.920. The van der Waals surface area contributed by atoms with Gasteiger partial charge >= 0.3 is 0 Å². The van der Waals surface area contributed by atoms with Gasteiger partial charge in [0.05, 0.1) is 0 Å². The summed E-state index contributed by atoms with van der Waals surface area (Å²) in [4.78, 5) is 5.18. The van der Waals surface area contributed by atoms with E-state index in [4.69, 9.17) is 0 Å². The number of hydrogen-bond donors (Lipinski definition) is 0. The summed E-state index contributed by atoms with van der Waals surface area (Å²) >= 11 is 0. The standard InChI is InChI=1S/C25H50N2/c1-4-7-9-10-11-12-13-14-15-16-17-18-19-22-27-24-23-26(21-6-3)25(27)20-8-5-2/h23-25H,4-22H2,1-3H3. The molecule has 0 aliphatic carbocycles. The highest BCUT2D eigenvalue weighted by Gasteiger charge is 2.24. The molecule has 0 saturated heterocycles. The Bertz CT molecular complexity index is 339. The van der Waals surface area contributed by atoms with Gasteiger partial charge in [0.1, 0.15) is 6.17 Å². The van der Waals surface area contributed by atoms with E-state index < -0.39 is 0 Å². The van der Waals surface area contributed by atoms with Crippen LogP contribution in [0.4, 0.5) is 0 Å². The predicted octanol–water partition coefficient (Wildman–Crippen LogP) is 8.09. The van der Waals surface area contributed by atoms with Gasteiger partial charge in [-0.1, -0.05) is 104 Å². The average molecular weight is 379 g/mol. The van der Waals surface area contributed by atoms with Crippen molar-refractivity contribution in [2.75, 3.05) is 13.1 Å². The average Bonchev–Trinajstić information content (AvgIpc) is 3.05. The molecule has 0 aromatic carbocycles. The minimum absolute atomic E-state index is 0.641. The van der Waals surface area contributed by atoms with Gasteiger partial charge in [0.25, 0.3) is 0 Å². The zero-order valence-corrected chi connectivity index (χ0v) is 19.1. The first-order valence-corrected chi connectivity index (χ1v) is 12.5. The van der Waals surface area contributed by atoms with Crippen molar-refractivity contribution in [2.24, 2.45) is 0 Å². The maximum Gasteiger partial charge on any atom is 0.101 e. The van der Waals surface area contributed by atoms with Crippen molar-refractivity contribution >= 4 is 0 Å². The minimum Gasteiger partial charge on any atom is -0.356 e. The monoisotopic (exact) mass is 378 g/mol. The van der Waals surface area contributed by atoms with Gasteiger partial charge in [0.15, 0.2) is 0 Å². The molecule has 27 heavy (non-hydrogen) atoms. The van der Waals surface area contributed by atoms with Crippen LogP contribution in [0.15, 0.2) is 12.4 Å². The van der Waals surface area contributed by atoms with Crippen LogP contribution in [0.2, 0.25) is 0 Å². The Hall–Kier alpha value is -0.660. The predicted molar refractivity (Wildman–Crippen MR) is 122 cm³/mol. The van der Waals surface area contributed by atoms with Crippen LogP contribution in [0.5, 0.6) is 0 Å². The molecule has 2 nitrogen and oxygen atoms in total. The van der Waals surface area contributed by atoms with Crippen LogP contribution < -0.4 is 0 Å². The lowest BCUT2D eigenvalue weighted by atomic mass is 10.0. The molecule has 0 aromatic rings. The molecule has 0 spiro atoms. The van der Waals surface area contributed by atoms with Gasteiger partial charge in [-0.05, 0) is 25.7 Å². The Morgan fingerprint density at radius 1 is 0.481 bits per heavy atom. The van der Waals surface area contributed by atoms with E-state index in [1.165, 1.54) is 122 Å². The molecular formula is C25H50N2. The molecule has 0 radical (unpaired) electrons. The molecule has 1 rings (SSSR count). The van der Waals surface area contributed by atoms with Gasteiger partial charge in [0.2, 0.25) is 0 Å². The second kappa shape index (κ2) is 17.4. The van der Waals surface area contributed by atoms with Crippen LogP contribution in [0.1, 0.15) is 130 Å². The molecule has 0 aromatic heterocycles. The van der Waals surface area contributed by atoms with Gasteiger partial charge < -0.3 is 9.80 Å². The summed E-state index contributed by atoms with van der Waals surface area (Å²) in [6.45, 7) is 9.36. The smallest absolute Gasteiger partial charge is 0.101 e. The van der Waals surface area contributed by atoms with Crippen molar-refractivity contribution in [3.63, 3.8) is 0 Å². The van der Waals surface area contributed by atoms with E-state index in [-0.39, 0.29) is 0 Å². The third-order valence-corrected chi connectivity index (χ3v) is 6.03. The molecule has 0 amide bonds. The molecule has 1 aliphatic heterocycles. The van der Waals surface area contributed by atoms with Gasteiger partial charge in [-0.25, -0.2) is 0 Å². The second-order valence-corrected chi connectivity index (χ2v) is 8.64. The fourth-order valence-corrected chi connectivity index (χ4v) is 4.30. The van der Waals surface area contributed by atoms with Crippen LogP contribution in [-0.2, 0) is 0 Å². The quantitative estimate of drug-likeness (QED) is 0.209. The maximum atomic E-state index is 2.61. The molecule has 0 bridgehead atoms. The third-order valence-electron chi connectivity index (χ3n) is 6.03. The number of nitrogens with zero attached hydrogens (tertiary/aromatic N) is 2. The van der Waals surface area contributed by atoms with Crippen molar-refractivity contribution in [3.8, 4) is 0 Å². The summed E-state index contributed by atoms with van der Waals surface area (Å²) in [7, 11) is 0. The molecule has 0 saturated carbocycles. The van der Waals surface area contributed by atoms with E-state index in [0.717, 1.165) is 0 Å². The first-order chi connectivity index (χ1) is 13.3. The molecule has 1 aliphatic rings. The molecule has 0 N–H and O–H groups in total. The van der Waals surface area contributed by atoms with E-state index in [9.17, 15) is 0 Å². The van der Waals surface area contributed by atoms with E-state index in [2.05, 4.69) is 43.0 Å². The van der Waals surface area contributed by atoms with Crippen molar-refractivity contribution in [1.29, 1.82) is 0 Å². The van der Waals surface area contributed by atoms with Crippen LogP contribution >= 0.6 is 0 Å². The highest BCUT2D eigenvalue weighted by atomic mass is 15.4. The number of hydrogen-bond acceptors (Lipinski definition) is 2. The summed E-state index contributed by atoms with van der Waals surface area (Å²) in [6, 6.07) is 0. The van der Waals surface area contributed by atoms with Gasteiger partial charge in [-0.2, -0.15) is 0 Å². The summed E-state index contributed by atoms with van der Waals surface area (Å²) in [5, 5.41) is 0. The van der Waals surface area contributed by atoms with Crippen LogP contribution in [0, 0.1) is 0 Å². The molecule has 1 heterocycles. The molecule has 1 atom stereocenters. The highest BCUT2D eigenvalue weighted by molar-refractivity contribution is 4.96. The highest BCUT2D eigenvalue weighted by Crippen LogP contribution is 2.22. The van der Waals surface area contributed by atoms with E-state index in [1.54, 1.807) is 0 Å². The Morgan fingerprint density at radius 3 is 1.41 bits per heavy atom. The first-order valence-electron chi connectivity index (χ1n) is 12.5. The third kappa shape index (κ3) is 11.7. The Labute approximate surface area is 171 Å². The van der Waals surface area contributed by atoms with Crippen LogP contribution in [0.3, 0.4) is 0 Å². The normalized spacial score (nSPS) is 16.6. The topological polar surface area (TPSA) is 6.48 Å². The summed E-state index contributed by atoms with van der Waals surface area (Å²) in [5.74, 6) is 0. The van der Waals surface area contributed by atoms with Crippen molar-refractivity contribution in [1.82, 2.24) is 9.80 Å². The lowest BCUT2D eigenvalue weighted by Crippen LogP contribution is -2.39. The molecule has 1 unspecified atom stereocenters. The second-order valence-electron chi connectivity index (χ2n) is 8.64. The summed E-state index contributed by atoms with van der Waals surface area (Å²) in [5.41, 5.74) is 0. The van der Waals surface area contributed by atoms with Crippen molar-refractivity contribution in [3.05, 3.63) is 12.4 Å². The Balaban J connectivity index is 1.97. The van der Waals surface area contributed by atoms with Crippen LogP contribution in [0.25, 0.3) is 0 Å². The van der Waals surface area contributed by atoms with E-state index in [0.29, 0.717) is 6.17 Å². The van der Waals surface area contributed by atoms with E-state index >= 15 is 0 Å². The van der Waals surface area contributed by atoms with E-state index in [1.807, 2.05) is 0 Å². The summed E-state index contributed by atoms with van der Waals surface area (Å²) in [6.07, 6.45) is 29.3. The molecule has 2 heteroatoms. The summed E-state index contributed by atoms with van der Waals surface area (Å²) < 4.78 is 0. The zero-order chi connectivity index (χ0) is 19.6. The molecule has 0 fully saturated rings.